The number of hydrogen-bond donors (Lipinski definition) is 1. The average Bonchev–Trinajstić information content (AvgIpc) is 3.03. The number of nitrogens with zero attached hydrogens (tertiary/aromatic N) is 2. The number of halogens is 1. The summed E-state index contributed by atoms with van der Waals surface area (Å²) in [6.07, 6.45) is 0. The van der Waals surface area contributed by atoms with Crippen LogP contribution in [0.2, 0.25) is 5.02 Å². The average molecular weight is 426 g/mol. The van der Waals surface area contributed by atoms with Crippen molar-refractivity contribution in [1.29, 1.82) is 0 Å². The minimum Gasteiger partial charge on any atom is -0.324 e. The van der Waals surface area contributed by atoms with Gasteiger partial charge in [0.25, 0.3) is 0 Å². The molecule has 0 amide bonds. The van der Waals surface area contributed by atoms with E-state index in [1.807, 2.05) is 49.4 Å². The Kier molecular flexibility index (Phi) is 5.41. The molecule has 0 aliphatic rings. The van der Waals surface area contributed by atoms with Gasteiger partial charge >= 0.3 is 0 Å². The second kappa shape index (κ2) is 7.99. The first-order valence-corrected chi connectivity index (χ1v) is 11.0. The Balaban J connectivity index is 1.61. The van der Waals surface area contributed by atoms with Crippen LogP contribution in [0.5, 0.6) is 0 Å². The Labute approximate surface area is 175 Å². The van der Waals surface area contributed by atoms with Crippen LogP contribution in [0.25, 0.3) is 11.0 Å². The first kappa shape index (κ1) is 19.6. The Hall–Kier alpha value is -2.67. The maximum atomic E-state index is 12.5. The fraction of sp³-hybridized carbons (Fsp3) is 0.136. The lowest BCUT2D eigenvalue weighted by molar-refractivity contribution is 0.581. The smallest absolute Gasteiger partial charge is 0.240 e. The van der Waals surface area contributed by atoms with E-state index in [4.69, 9.17) is 11.6 Å². The molecule has 0 saturated heterocycles. The molecule has 0 radical (unpaired) electrons. The maximum absolute atomic E-state index is 12.5. The second-order valence-electron chi connectivity index (χ2n) is 6.80. The molecule has 0 spiro atoms. The molecule has 4 rings (SSSR count). The predicted molar refractivity (Wildman–Crippen MR) is 115 cm³/mol. The van der Waals surface area contributed by atoms with Crippen LogP contribution in [0.15, 0.2) is 77.7 Å². The van der Waals surface area contributed by atoms with Gasteiger partial charge in [-0.1, -0.05) is 54.1 Å². The minimum atomic E-state index is -3.56. The predicted octanol–water partition coefficient (Wildman–Crippen LogP) is 4.52. The Bertz CT molecular complexity index is 1270. The molecular weight excluding hydrogens is 406 g/mol. The highest BCUT2D eigenvalue weighted by Crippen LogP contribution is 2.23. The molecule has 29 heavy (non-hydrogen) atoms. The number of imidazole rings is 1. The number of rotatable bonds is 6. The van der Waals surface area contributed by atoms with E-state index in [-0.39, 0.29) is 11.4 Å². The number of nitrogens with one attached hydrogen (secondary N) is 1. The Morgan fingerprint density at radius 2 is 1.72 bits per heavy atom. The van der Waals surface area contributed by atoms with Crippen LogP contribution in [-0.2, 0) is 23.1 Å². The number of aromatic nitrogens is 2. The summed E-state index contributed by atoms with van der Waals surface area (Å²) in [6.45, 7) is 2.75. The first-order valence-electron chi connectivity index (χ1n) is 9.18. The molecule has 0 saturated carbocycles. The third kappa shape index (κ3) is 4.19. The van der Waals surface area contributed by atoms with Crippen LogP contribution < -0.4 is 4.72 Å². The van der Waals surface area contributed by atoms with E-state index in [1.165, 1.54) is 0 Å². The van der Waals surface area contributed by atoms with Crippen molar-refractivity contribution >= 4 is 32.7 Å². The van der Waals surface area contributed by atoms with Gasteiger partial charge in [-0.3, -0.25) is 0 Å². The molecule has 148 valence electrons. The van der Waals surface area contributed by atoms with E-state index in [0.29, 0.717) is 11.6 Å². The van der Waals surface area contributed by atoms with Crippen molar-refractivity contribution in [2.24, 2.45) is 0 Å². The molecule has 3 aromatic carbocycles. The molecular formula is C22H20ClN3O2S. The van der Waals surface area contributed by atoms with Crippen molar-refractivity contribution in [3.8, 4) is 0 Å². The van der Waals surface area contributed by atoms with Gasteiger partial charge in [-0.2, -0.15) is 0 Å². The number of sulfonamides is 1. The Morgan fingerprint density at radius 1 is 1.00 bits per heavy atom. The van der Waals surface area contributed by atoms with Crippen molar-refractivity contribution in [3.05, 3.63) is 94.8 Å². The third-order valence-electron chi connectivity index (χ3n) is 4.81. The van der Waals surface area contributed by atoms with E-state index in [2.05, 4.69) is 14.3 Å². The summed E-state index contributed by atoms with van der Waals surface area (Å²) >= 11 is 6.32. The largest absolute Gasteiger partial charge is 0.324 e. The van der Waals surface area contributed by atoms with E-state index in [0.717, 1.165) is 28.0 Å². The lowest BCUT2D eigenvalue weighted by atomic mass is 10.2. The lowest BCUT2D eigenvalue weighted by Gasteiger charge is -2.10. The summed E-state index contributed by atoms with van der Waals surface area (Å²) < 4.78 is 29.7. The van der Waals surface area contributed by atoms with E-state index in [1.54, 1.807) is 30.3 Å². The highest BCUT2D eigenvalue weighted by molar-refractivity contribution is 7.89. The molecule has 1 heterocycles. The zero-order chi connectivity index (χ0) is 20.4. The van der Waals surface area contributed by atoms with E-state index >= 15 is 0 Å². The zero-order valence-electron chi connectivity index (χ0n) is 15.8. The van der Waals surface area contributed by atoms with E-state index < -0.39 is 10.0 Å². The summed E-state index contributed by atoms with van der Waals surface area (Å²) in [5.74, 6) is 0.877. The molecule has 5 nitrogen and oxygen atoms in total. The molecule has 1 aromatic heterocycles. The second-order valence-corrected chi connectivity index (χ2v) is 8.97. The number of fused-ring (bicyclic) bond motifs is 1. The number of aryl methyl sites for hydroxylation is 1. The highest BCUT2D eigenvalue weighted by atomic mass is 35.5. The standard InChI is InChI=1S/C22H20ClN3O2S/c1-16-25-21-12-11-17(14-24-29(27,28)19-8-3-2-4-9-19)13-22(21)26(16)15-18-7-5-6-10-20(18)23/h2-13,24H,14-15H2,1H3. The topological polar surface area (TPSA) is 64.0 Å². The SMILES string of the molecule is Cc1nc2ccc(CNS(=O)(=O)c3ccccc3)cc2n1Cc1ccccc1Cl. The van der Waals surface area contributed by atoms with Crippen LogP contribution >= 0.6 is 11.6 Å². The van der Waals surface area contributed by atoms with Gasteiger partial charge in [0, 0.05) is 11.6 Å². The number of hydrogen-bond acceptors (Lipinski definition) is 3. The summed E-state index contributed by atoms with van der Waals surface area (Å²) in [5, 5.41) is 0.709. The first-order chi connectivity index (χ1) is 13.9. The van der Waals surface area contributed by atoms with Crippen LogP contribution in [0, 0.1) is 6.92 Å². The van der Waals surface area contributed by atoms with Crippen LogP contribution in [0.4, 0.5) is 0 Å². The van der Waals surface area contributed by atoms with Crippen molar-refractivity contribution in [1.82, 2.24) is 14.3 Å². The van der Waals surface area contributed by atoms with Gasteiger partial charge in [-0.05, 0) is 48.4 Å². The molecule has 1 N–H and O–H groups in total. The van der Waals surface area contributed by atoms with Gasteiger partial charge in [-0.25, -0.2) is 18.1 Å². The van der Waals surface area contributed by atoms with Gasteiger partial charge in [0.05, 0.1) is 22.5 Å². The molecule has 0 atom stereocenters. The fourth-order valence-electron chi connectivity index (χ4n) is 3.26. The monoisotopic (exact) mass is 425 g/mol. The van der Waals surface area contributed by atoms with Gasteiger partial charge in [0.15, 0.2) is 0 Å². The third-order valence-corrected chi connectivity index (χ3v) is 6.60. The fourth-order valence-corrected chi connectivity index (χ4v) is 4.49. The number of benzene rings is 3. The minimum absolute atomic E-state index is 0.198. The molecule has 0 bridgehead atoms. The summed E-state index contributed by atoms with van der Waals surface area (Å²) in [6, 6.07) is 21.9. The molecule has 0 aliphatic heterocycles. The lowest BCUT2D eigenvalue weighted by Crippen LogP contribution is -2.23. The van der Waals surface area contributed by atoms with Crippen molar-refractivity contribution < 1.29 is 8.42 Å². The van der Waals surface area contributed by atoms with Gasteiger partial charge in [0.1, 0.15) is 5.82 Å². The molecule has 0 fully saturated rings. The quantitative estimate of drug-likeness (QED) is 0.493. The molecule has 0 unspecified atom stereocenters. The Morgan fingerprint density at radius 3 is 2.48 bits per heavy atom. The van der Waals surface area contributed by atoms with E-state index in [9.17, 15) is 8.42 Å². The van der Waals surface area contributed by atoms with Crippen molar-refractivity contribution in [2.75, 3.05) is 0 Å². The van der Waals surface area contributed by atoms with Crippen LogP contribution in [-0.4, -0.2) is 18.0 Å². The van der Waals surface area contributed by atoms with Gasteiger partial charge < -0.3 is 4.57 Å². The normalized spacial score (nSPS) is 11.8. The maximum Gasteiger partial charge on any atom is 0.240 e. The van der Waals surface area contributed by atoms with Gasteiger partial charge in [-0.15, -0.1) is 0 Å². The zero-order valence-corrected chi connectivity index (χ0v) is 17.4. The highest BCUT2D eigenvalue weighted by Gasteiger charge is 2.14. The van der Waals surface area contributed by atoms with Crippen molar-refractivity contribution in [2.45, 2.75) is 24.9 Å². The molecule has 7 heteroatoms. The summed E-state index contributed by atoms with van der Waals surface area (Å²) in [4.78, 5) is 4.87. The van der Waals surface area contributed by atoms with Crippen LogP contribution in [0.3, 0.4) is 0 Å². The van der Waals surface area contributed by atoms with Gasteiger partial charge in [0.2, 0.25) is 10.0 Å². The van der Waals surface area contributed by atoms with Crippen molar-refractivity contribution in [3.63, 3.8) is 0 Å². The molecule has 0 aliphatic carbocycles. The van der Waals surface area contributed by atoms with Crippen LogP contribution in [0.1, 0.15) is 17.0 Å². The molecule has 4 aromatic rings. The summed E-state index contributed by atoms with van der Waals surface area (Å²) in [7, 11) is -3.56. The summed E-state index contributed by atoms with van der Waals surface area (Å²) in [5.41, 5.74) is 3.67.